The molecule has 0 aliphatic heterocycles. The van der Waals surface area contributed by atoms with Gasteiger partial charge in [0.25, 0.3) is 0 Å². The fourth-order valence-electron chi connectivity index (χ4n) is 4.74. The molecule has 0 saturated carbocycles. The first kappa shape index (κ1) is 34.5. The summed E-state index contributed by atoms with van der Waals surface area (Å²) in [5.74, 6) is -0.565. The third-order valence-electron chi connectivity index (χ3n) is 7.14. The van der Waals surface area contributed by atoms with Gasteiger partial charge in [-0.25, -0.2) is 4.79 Å². The van der Waals surface area contributed by atoms with E-state index in [0.29, 0.717) is 19.5 Å². The fourth-order valence-corrected chi connectivity index (χ4v) is 4.74. The standard InChI is InChI=1S/C32H55N3O4/c1-10-13-15-17-22-35(30(37)27(23(4)12-3)34-31(38)39-32(7,8)9)28(29(36)33-21-16-14-11-2)26-24(5)19-18-20-25(26)6/h18-20,23,27-28H,10-17,21-22H2,1-9H3,(H,33,36)(H,34,38). The van der Waals surface area contributed by atoms with E-state index in [1.165, 1.54) is 0 Å². The Bertz CT molecular complexity index is 889. The second-order valence-electron chi connectivity index (χ2n) is 11.8. The molecule has 3 atom stereocenters. The van der Waals surface area contributed by atoms with Crippen LogP contribution < -0.4 is 10.6 Å². The number of ether oxygens (including phenoxy) is 1. The predicted molar refractivity (Wildman–Crippen MR) is 160 cm³/mol. The summed E-state index contributed by atoms with van der Waals surface area (Å²) >= 11 is 0. The Morgan fingerprint density at radius 2 is 1.51 bits per heavy atom. The smallest absolute Gasteiger partial charge is 0.408 e. The number of rotatable bonds is 16. The summed E-state index contributed by atoms with van der Waals surface area (Å²) in [5, 5.41) is 5.97. The SMILES string of the molecule is CCCCCCN(C(=O)C(NC(=O)OC(C)(C)C)C(C)CC)C(C(=O)NCCCCC)c1c(C)cccc1C. The molecule has 0 fully saturated rings. The van der Waals surface area contributed by atoms with Gasteiger partial charge in [0.05, 0.1) is 0 Å². The van der Waals surface area contributed by atoms with E-state index >= 15 is 0 Å². The number of amides is 3. The summed E-state index contributed by atoms with van der Waals surface area (Å²) in [7, 11) is 0. The number of hydrogen-bond donors (Lipinski definition) is 2. The number of nitrogens with one attached hydrogen (secondary N) is 2. The quantitative estimate of drug-likeness (QED) is 0.219. The highest BCUT2D eigenvalue weighted by Crippen LogP contribution is 2.30. The first-order chi connectivity index (χ1) is 18.4. The van der Waals surface area contributed by atoms with E-state index in [2.05, 4.69) is 24.5 Å². The Kier molecular flexibility index (Phi) is 15.2. The molecule has 222 valence electrons. The molecule has 7 nitrogen and oxygen atoms in total. The van der Waals surface area contributed by atoms with Crippen LogP contribution in [0, 0.1) is 19.8 Å². The van der Waals surface area contributed by atoms with Crippen LogP contribution in [-0.4, -0.2) is 47.5 Å². The van der Waals surface area contributed by atoms with Crippen LogP contribution in [-0.2, 0) is 14.3 Å². The van der Waals surface area contributed by atoms with Crippen LogP contribution in [0.25, 0.3) is 0 Å². The lowest BCUT2D eigenvalue weighted by atomic mass is 9.91. The lowest BCUT2D eigenvalue weighted by Gasteiger charge is -2.37. The van der Waals surface area contributed by atoms with Crippen molar-refractivity contribution in [2.24, 2.45) is 5.92 Å². The molecule has 39 heavy (non-hydrogen) atoms. The molecule has 0 radical (unpaired) electrons. The van der Waals surface area contributed by atoms with Gasteiger partial charge in [0.15, 0.2) is 0 Å². The molecule has 1 rings (SSSR count). The molecule has 0 spiro atoms. The molecular weight excluding hydrogens is 490 g/mol. The summed E-state index contributed by atoms with van der Waals surface area (Å²) in [5.41, 5.74) is 2.10. The van der Waals surface area contributed by atoms with Crippen LogP contribution in [0.2, 0.25) is 0 Å². The van der Waals surface area contributed by atoms with Crippen molar-refractivity contribution in [1.82, 2.24) is 15.5 Å². The van der Waals surface area contributed by atoms with Crippen molar-refractivity contribution < 1.29 is 19.1 Å². The molecular formula is C32H55N3O4. The number of nitrogens with zero attached hydrogens (tertiary/aromatic N) is 1. The number of carbonyl (C=O) groups excluding carboxylic acids is 3. The van der Waals surface area contributed by atoms with E-state index in [0.717, 1.165) is 61.6 Å². The third kappa shape index (κ3) is 11.6. The minimum absolute atomic E-state index is 0.144. The van der Waals surface area contributed by atoms with E-state index in [4.69, 9.17) is 4.74 Å². The molecule has 0 aromatic heterocycles. The number of hydrogen-bond acceptors (Lipinski definition) is 4. The first-order valence-electron chi connectivity index (χ1n) is 15.0. The van der Waals surface area contributed by atoms with Crippen molar-refractivity contribution in [3.63, 3.8) is 0 Å². The number of carbonyl (C=O) groups is 3. The monoisotopic (exact) mass is 545 g/mol. The maximum atomic E-state index is 14.4. The molecule has 1 aromatic carbocycles. The molecule has 2 N–H and O–H groups in total. The van der Waals surface area contributed by atoms with Gasteiger partial charge in [-0.15, -0.1) is 0 Å². The first-order valence-corrected chi connectivity index (χ1v) is 15.0. The van der Waals surface area contributed by atoms with Gasteiger partial charge in [-0.3, -0.25) is 9.59 Å². The van der Waals surface area contributed by atoms with E-state index in [1.807, 2.05) is 45.9 Å². The second kappa shape index (κ2) is 17.2. The molecule has 0 aliphatic rings. The summed E-state index contributed by atoms with van der Waals surface area (Å²) < 4.78 is 5.51. The number of unbranched alkanes of at least 4 members (excludes halogenated alkanes) is 5. The Hall–Kier alpha value is -2.57. The minimum atomic E-state index is -0.809. The van der Waals surface area contributed by atoms with E-state index in [-0.39, 0.29) is 17.7 Å². The zero-order valence-electron chi connectivity index (χ0n) is 26.1. The van der Waals surface area contributed by atoms with Crippen LogP contribution >= 0.6 is 0 Å². The van der Waals surface area contributed by atoms with E-state index in [1.54, 1.807) is 25.7 Å². The van der Waals surface area contributed by atoms with Gasteiger partial charge in [0.2, 0.25) is 11.8 Å². The van der Waals surface area contributed by atoms with Crippen LogP contribution in [0.3, 0.4) is 0 Å². The fraction of sp³-hybridized carbons (Fsp3) is 0.719. The van der Waals surface area contributed by atoms with Crippen LogP contribution in [0.1, 0.15) is 123 Å². The van der Waals surface area contributed by atoms with Crippen molar-refractivity contribution >= 4 is 17.9 Å². The Balaban J connectivity index is 3.56. The zero-order valence-corrected chi connectivity index (χ0v) is 26.1. The van der Waals surface area contributed by atoms with Gasteiger partial charge in [-0.2, -0.15) is 0 Å². The number of benzene rings is 1. The van der Waals surface area contributed by atoms with Crippen LogP contribution in [0.5, 0.6) is 0 Å². The largest absolute Gasteiger partial charge is 0.444 e. The van der Waals surface area contributed by atoms with E-state index < -0.39 is 23.8 Å². The van der Waals surface area contributed by atoms with Crippen molar-refractivity contribution in [2.75, 3.05) is 13.1 Å². The van der Waals surface area contributed by atoms with Crippen molar-refractivity contribution in [2.45, 2.75) is 131 Å². The summed E-state index contributed by atoms with van der Waals surface area (Å²) in [6, 6.07) is 4.36. The molecule has 3 unspecified atom stereocenters. The highest BCUT2D eigenvalue weighted by atomic mass is 16.6. The normalized spacial score (nSPS) is 13.8. The van der Waals surface area contributed by atoms with Gasteiger partial charge in [0, 0.05) is 13.1 Å². The average Bonchev–Trinajstić information content (AvgIpc) is 2.86. The maximum Gasteiger partial charge on any atom is 0.408 e. The van der Waals surface area contributed by atoms with Gasteiger partial charge in [-0.05, 0) is 70.1 Å². The summed E-state index contributed by atoms with van der Waals surface area (Å²) in [6.07, 6.45) is 6.92. The maximum absolute atomic E-state index is 14.4. The molecule has 0 bridgehead atoms. The second-order valence-corrected chi connectivity index (χ2v) is 11.8. The lowest BCUT2D eigenvalue weighted by Crippen LogP contribution is -2.55. The van der Waals surface area contributed by atoms with Gasteiger partial charge in [0.1, 0.15) is 17.7 Å². The Morgan fingerprint density at radius 3 is 2.05 bits per heavy atom. The third-order valence-corrected chi connectivity index (χ3v) is 7.14. The number of alkyl carbamates (subject to hydrolysis) is 1. The zero-order chi connectivity index (χ0) is 29.6. The van der Waals surface area contributed by atoms with Gasteiger partial charge >= 0.3 is 6.09 Å². The van der Waals surface area contributed by atoms with Crippen molar-refractivity contribution in [3.05, 3.63) is 34.9 Å². The van der Waals surface area contributed by atoms with Gasteiger partial charge in [-0.1, -0.05) is 84.4 Å². The van der Waals surface area contributed by atoms with Crippen LogP contribution in [0.15, 0.2) is 18.2 Å². The predicted octanol–water partition coefficient (Wildman–Crippen LogP) is 7.00. The topological polar surface area (TPSA) is 87.7 Å². The molecule has 0 heterocycles. The number of aryl methyl sites for hydroxylation is 2. The Morgan fingerprint density at radius 1 is 0.923 bits per heavy atom. The molecule has 7 heteroatoms. The molecule has 1 aromatic rings. The van der Waals surface area contributed by atoms with Crippen molar-refractivity contribution in [3.8, 4) is 0 Å². The molecule has 0 aliphatic carbocycles. The lowest BCUT2D eigenvalue weighted by molar-refractivity contribution is -0.143. The highest BCUT2D eigenvalue weighted by molar-refractivity contribution is 5.92. The molecule has 3 amide bonds. The Labute approximate surface area is 237 Å². The summed E-state index contributed by atoms with van der Waals surface area (Å²) in [6.45, 7) is 18.6. The van der Waals surface area contributed by atoms with Crippen molar-refractivity contribution in [1.29, 1.82) is 0 Å². The average molecular weight is 546 g/mol. The highest BCUT2D eigenvalue weighted by Gasteiger charge is 2.38. The van der Waals surface area contributed by atoms with Gasteiger partial charge < -0.3 is 20.3 Å². The summed E-state index contributed by atoms with van der Waals surface area (Å²) in [4.78, 5) is 42.8. The molecule has 0 saturated heterocycles. The van der Waals surface area contributed by atoms with E-state index in [9.17, 15) is 14.4 Å². The van der Waals surface area contributed by atoms with Crippen LogP contribution in [0.4, 0.5) is 4.79 Å². The minimum Gasteiger partial charge on any atom is -0.444 e.